The van der Waals surface area contributed by atoms with Crippen molar-refractivity contribution in [1.29, 1.82) is 0 Å². The minimum atomic E-state index is -4.41. The average molecular weight is 461 g/mol. The number of benzene rings is 1. The number of hydrogen-bond acceptors (Lipinski definition) is 5. The molecule has 0 radical (unpaired) electrons. The number of pyridine rings is 1. The Hall–Kier alpha value is -2.94. The molecular formula is C24H26F3N3O3. The first-order valence-corrected chi connectivity index (χ1v) is 11.1. The van der Waals surface area contributed by atoms with Crippen molar-refractivity contribution in [2.75, 3.05) is 42.6 Å². The molecule has 4 rings (SSSR count). The molecule has 176 valence electrons. The van der Waals surface area contributed by atoms with Gasteiger partial charge in [0.25, 0.3) is 0 Å². The second-order valence-electron chi connectivity index (χ2n) is 8.42. The van der Waals surface area contributed by atoms with Crippen molar-refractivity contribution >= 4 is 23.2 Å². The van der Waals surface area contributed by atoms with Crippen LogP contribution in [0.3, 0.4) is 0 Å². The fraction of sp³-hybridized carbons (Fsp3) is 0.458. The summed E-state index contributed by atoms with van der Waals surface area (Å²) in [7, 11) is 0. The predicted molar refractivity (Wildman–Crippen MR) is 117 cm³/mol. The minimum Gasteiger partial charge on any atom is -0.378 e. The number of rotatable bonds is 6. The standard InChI is InChI=1S/C24H26F3N3O3/c25-24(26,27)19-5-3-17(4-6-19)14-21(31)15-18-2-1-9-30(23(18)32)20-7-8-22(28-16-20)29-10-12-33-13-11-29/h3-8,16,18H,1-2,9-15H2/t18-/m0/s1. The van der Waals surface area contributed by atoms with Crippen LogP contribution in [-0.2, 0) is 26.9 Å². The molecule has 0 N–H and O–H groups in total. The fourth-order valence-electron chi connectivity index (χ4n) is 4.30. The molecule has 3 heterocycles. The van der Waals surface area contributed by atoms with Crippen LogP contribution >= 0.6 is 0 Å². The highest BCUT2D eigenvalue weighted by atomic mass is 19.4. The molecule has 0 unspecified atom stereocenters. The fourth-order valence-corrected chi connectivity index (χ4v) is 4.30. The SMILES string of the molecule is O=C(Cc1ccc(C(F)(F)F)cc1)C[C@@H]1CCCN(c2ccc(N3CCOCC3)nc2)C1=O. The van der Waals surface area contributed by atoms with Gasteiger partial charge in [-0.15, -0.1) is 0 Å². The van der Waals surface area contributed by atoms with Crippen LogP contribution in [0.2, 0.25) is 0 Å². The van der Waals surface area contributed by atoms with E-state index in [0.717, 1.165) is 37.5 Å². The second-order valence-corrected chi connectivity index (χ2v) is 8.42. The summed E-state index contributed by atoms with van der Waals surface area (Å²) in [5.41, 5.74) is 0.470. The Bertz CT molecular complexity index is 971. The molecule has 2 saturated heterocycles. The molecule has 1 aromatic heterocycles. The lowest BCUT2D eigenvalue weighted by molar-refractivity contribution is -0.137. The summed E-state index contributed by atoms with van der Waals surface area (Å²) in [5.74, 6) is 0.146. The number of halogens is 3. The summed E-state index contributed by atoms with van der Waals surface area (Å²) in [6.07, 6.45) is -1.24. The van der Waals surface area contributed by atoms with Crippen LogP contribution in [0.5, 0.6) is 0 Å². The monoisotopic (exact) mass is 461 g/mol. The van der Waals surface area contributed by atoms with Crippen LogP contribution in [-0.4, -0.2) is 49.5 Å². The quantitative estimate of drug-likeness (QED) is 0.654. The first-order chi connectivity index (χ1) is 15.8. The van der Waals surface area contributed by atoms with E-state index in [-0.39, 0.29) is 24.5 Å². The van der Waals surface area contributed by atoms with Gasteiger partial charge in [-0.05, 0) is 42.7 Å². The lowest BCUT2D eigenvalue weighted by Crippen LogP contribution is -2.42. The molecule has 33 heavy (non-hydrogen) atoms. The Labute approximate surface area is 190 Å². The van der Waals surface area contributed by atoms with E-state index in [0.29, 0.717) is 37.4 Å². The van der Waals surface area contributed by atoms with Gasteiger partial charge < -0.3 is 14.5 Å². The first-order valence-electron chi connectivity index (χ1n) is 11.1. The largest absolute Gasteiger partial charge is 0.416 e. The Balaban J connectivity index is 1.35. The lowest BCUT2D eigenvalue weighted by atomic mass is 9.90. The van der Waals surface area contributed by atoms with Crippen molar-refractivity contribution in [2.24, 2.45) is 5.92 Å². The van der Waals surface area contributed by atoms with Crippen LogP contribution in [0.15, 0.2) is 42.6 Å². The van der Waals surface area contributed by atoms with Gasteiger partial charge in [-0.2, -0.15) is 13.2 Å². The van der Waals surface area contributed by atoms with Gasteiger partial charge in [0.05, 0.1) is 30.7 Å². The number of piperidine rings is 1. The summed E-state index contributed by atoms with van der Waals surface area (Å²) in [5, 5.41) is 0. The molecule has 2 aliphatic heterocycles. The molecule has 1 atom stereocenters. The van der Waals surface area contributed by atoms with Crippen LogP contribution in [0.4, 0.5) is 24.7 Å². The van der Waals surface area contributed by atoms with E-state index < -0.39 is 17.7 Å². The third-order valence-corrected chi connectivity index (χ3v) is 6.09. The molecular weight excluding hydrogens is 435 g/mol. The maximum atomic E-state index is 13.0. The summed E-state index contributed by atoms with van der Waals surface area (Å²) in [6.45, 7) is 3.45. The van der Waals surface area contributed by atoms with Gasteiger partial charge in [0.1, 0.15) is 11.6 Å². The van der Waals surface area contributed by atoms with Crippen LogP contribution in [0.25, 0.3) is 0 Å². The number of alkyl halides is 3. The van der Waals surface area contributed by atoms with Crippen molar-refractivity contribution in [3.63, 3.8) is 0 Å². The maximum absolute atomic E-state index is 13.0. The van der Waals surface area contributed by atoms with Gasteiger partial charge in [-0.3, -0.25) is 9.59 Å². The van der Waals surface area contributed by atoms with E-state index in [4.69, 9.17) is 4.74 Å². The van der Waals surface area contributed by atoms with E-state index >= 15 is 0 Å². The zero-order valence-electron chi connectivity index (χ0n) is 18.2. The van der Waals surface area contributed by atoms with Crippen molar-refractivity contribution in [3.8, 4) is 0 Å². The number of ketones is 1. The first kappa shape index (κ1) is 23.2. The number of nitrogens with zero attached hydrogens (tertiary/aromatic N) is 3. The van der Waals surface area contributed by atoms with Gasteiger partial charge in [0.2, 0.25) is 5.91 Å². The molecule has 0 spiro atoms. The molecule has 9 heteroatoms. The van der Waals surface area contributed by atoms with Gasteiger partial charge in [0.15, 0.2) is 0 Å². The molecule has 0 bridgehead atoms. The van der Waals surface area contributed by atoms with Crippen LogP contribution < -0.4 is 9.80 Å². The summed E-state index contributed by atoms with van der Waals surface area (Å²) in [4.78, 5) is 33.9. The highest BCUT2D eigenvalue weighted by Gasteiger charge is 2.32. The van der Waals surface area contributed by atoms with Gasteiger partial charge in [-0.25, -0.2) is 4.98 Å². The Morgan fingerprint density at radius 2 is 1.79 bits per heavy atom. The summed E-state index contributed by atoms with van der Waals surface area (Å²) in [6, 6.07) is 8.36. The normalized spacial score (nSPS) is 19.6. The Kier molecular flexibility index (Phi) is 6.97. The predicted octanol–water partition coefficient (Wildman–Crippen LogP) is 3.88. The highest BCUT2D eigenvalue weighted by molar-refractivity contribution is 5.98. The molecule has 2 fully saturated rings. The van der Waals surface area contributed by atoms with Crippen molar-refractivity contribution in [3.05, 3.63) is 53.7 Å². The van der Waals surface area contributed by atoms with Crippen LogP contribution in [0.1, 0.15) is 30.4 Å². The highest BCUT2D eigenvalue weighted by Crippen LogP contribution is 2.30. The van der Waals surface area contributed by atoms with Crippen molar-refractivity contribution in [1.82, 2.24) is 4.98 Å². The number of carbonyl (C=O) groups is 2. The molecule has 6 nitrogen and oxygen atoms in total. The zero-order valence-corrected chi connectivity index (χ0v) is 18.2. The Morgan fingerprint density at radius 1 is 1.06 bits per heavy atom. The van der Waals surface area contributed by atoms with Gasteiger partial charge >= 0.3 is 6.18 Å². The third kappa shape index (κ3) is 5.71. The van der Waals surface area contributed by atoms with Crippen LogP contribution in [0, 0.1) is 5.92 Å². The lowest BCUT2D eigenvalue weighted by Gasteiger charge is -2.32. The maximum Gasteiger partial charge on any atom is 0.416 e. The molecule has 2 aliphatic rings. The van der Waals surface area contributed by atoms with E-state index in [1.165, 1.54) is 12.1 Å². The Morgan fingerprint density at radius 3 is 2.42 bits per heavy atom. The number of aromatic nitrogens is 1. The second kappa shape index (κ2) is 9.91. The molecule has 1 amide bonds. The molecule has 2 aromatic rings. The smallest absolute Gasteiger partial charge is 0.378 e. The molecule has 1 aromatic carbocycles. The minimum absolute atomic E-state index is 0.0116. The molecule has 0 saturated carbocycles. The van der Waals surface area contributed by atoms with E-state index in [2.05, 4.69) is 9.88 Å². The third-order valence-electron chi connectivity index (χ3n) is 6.09. The topological polar surface area (TPSA) is 62.7 Å². The number of anilines is 2. The number of morpholine rings is 1. The van der Waals surface area contributed by atoms with E-state index in [1.54, 1.807) is 11.1 Å². The van der Waals surface area contributed by atoms with Crippen molar-refractivity contribution < 1.29 is 27.5 Å². The zero-order chi connectivity index (χ0) is 23.4. The summed E-state index contributed by atoms with van der Waals surface area (Å²) < 4.78 is 43.5. The number of hydrogen-bond donors (Lipinski definition) is 0. The number of ether oxygens (including phenoxy) is 1. The number of Topliss-reactive ketones (excluding diaryl/α,β-unsaturated/α-hetero) is 1. The van der Waals surface area contributed by atoms with E-state index in [9.17, 15) is 22.8 Å². The number of amides is 1. The van der Waals surface area contributed by atoms with Crippen molar-refractivity contribution in [2.45, 2.75) is 31.9 Å². The van der Waals surface area contributed by atoms with Gasteiger partial charge in [-0.1, -0.05) is 12.1 Å². The number of carbonyl (C=O) groups excluding carboxylic acids is 2. The van der Waals surface area contributed by atoms with Gasteiger partial charge in [0, 0.05) is 38.4 Å². The average Bonchev–Trinajstić information content (AvgIpc) is 2.81. The summed E-state index contributed by atoms with van der Waals surface area (Å²) >= 11 is 0. The molecule has 0 aliphatic carbocycles. The van der Waals surface area contributed by atoms with E-state index in [1.807, 2.05) is 12.1 Å².